The molecule has 1 N–H and O–H groups in total. The van der Waals surface area contributed by atoms with Gasteiger partial charge in [-0.3, -0.25) is 4.90 Å². The summed E-state index contributed by atoms with van der Waals surface area (Å²) in [6.45, 7) is 12.5. The van der Waals surface area contributed by atoms with Gasteiger partial charge in [-0.25, -0.2) is 4.39 Å². The van der Waals surface area contributed by atoms with Crippen LogP contribution in [0.4, 0.5) is 4.39 Å². The Morgan fingerprint density at radius 1 is 1.38 bits per heavy atom. The van der Waals surface area contributed by atoms with Crippen molar-refractivity contribution in [1.82, 2.24) is 10.2 Å². The number of hydrogen-bond donors (Lipinski definition) is 1. The lowest BCUT2D eigenvalue weighted by atomic mass is 10.1. The van der Waals surface area contributed by atoms with Crippen molar-refractivity contribution in [3.8, 4) is 0 Å². The number of halogens is 1. The van der Waals surface area contributed by atoms with Gasteiger partial charge in [-0.1, -0.05) is 18.2 Å². The van der Waals surface area contributed by atoms with E-state index < -0.39 is 0 Å². The highest BCUT2D eigenvalue weighted by molar-refractivity contribution is 5.25. The Morgan fingerprint density at radius 3 is 2.67 bits per heavy atom. The SMILES string of the molecule is C=CCN(Cc1cc(CNC(C)(C)C)ccc1F)C1CC1. The minimum absolute atomic E-state index is 0.0669. The molecule has 1 fully saturated rings. The quantitative estimate of drug-likeness (QED) is 0.767. The van der Waals surface area contributed by atoms with Gasteiger partial charge in [0.25, 0.3) is 0 Å². The average Bonchev–Trinajstić information content (AvgIpc) is 3.22. The number of nitrogens with one attached hydrogen (secondary N) is 1. The lowest BCUT2D eigenvalue weighted by Crippen LogP contribution is -2.35. The van der Waals surface area contributed by atoms with E-state index in [4.69, 9.17) is 0 Å². The normalized spacial score (nSPS) is 15.5. The molecule has 0 aromatic heterocycles. The highest BCUT2D eigenvalue weighted by Crippen LogP contribution is 2.28. The standard InChI is InChI=1S/C18H27FN2/c1-5-10-21(16-7-8-16)13-15-11-14(6-9-17(15)19)12-20-18(2,3)4/h5-6,9,11,16,20H,1,7-8,10,12-13H2,2-4H3. The molecule has 1 aliphatic rings. The molecule has 116 valence electrons. The molecule has 0 unspecified atom stereocenters. The minimum Gasteiger partial charge on any atom is -0.308 e. The summed E-state index contributed by atoms with van der Waals surface area (Å²) in [5.74, 6) is -0.107. The Balaban J connectivity index is 2.05. The van der Waals surface area contributed by atoms with Crippen LogP contribution in [0.5, 0.6) is 0 Å². The van der Waals surface area contributed by atoms with Gasteiger partial charge in [0, 0.05) is 36.8 Å². The Bertz CT molecular complexity index is 486. The van der Waals surface area contributed by atoms with Crippen molar-refractivity contribution >= 4 is 0 Å². The fourth-order valence-corrected chi connectivity index (χ4v) is 2.39. The Hall–Kier alpha value is -1.19. The van der Waals surface area contributed by atoms with Crippen molar-refractivity contribution in [3.63, 3.8) is 0 Å². The van der Waals surface area contributed by atoms with Crippen LogP contribution in [-0.4, -0.2) is 23.0 Å². The van der Waals surface area contributed by atoms with Crippen molar-refractivity contribution < 1.29 is 4.39 Å². The van der Waals surface area contributed by atoms with Gasteiger partial charge < -0.3 is 5.32 Å². The van der Waals surface area contributed by atoms with Gasteiger partial charge in [0.15, 0.2) is 0 Å². The first-order valence-electron chi connectivity index (χ1n) is 7.76. The van der Waals surface area contributed by atoms with Crippen LogP contribution in [0.2, 0.25) is 0 Å². The largest absolute Gasteiger partial charge is 0.308 e. The molecule has 2 rings (SSSR count). The van der Waals surface area contributed by atoms with E-state index >= 15 is 0 Å². The van der Waals surface area contributed by atoms with E-state index in [2.05, 4.69) is 37.6 Å². The van der Waals surface area contributed by atoms with Gasteiger partial charge in [0.1, 0.15) is 5.82 Å². The number of hydrogen-bond acceptors (Lipinski definition) is 2. The fraction of sp³-hybridized carbons (Fsp3) is 0.556. The van der Waals surface area contributed by atoms with E-state index in [1.807, 2.05) is 18.2 Å². The van der Waals surface area contributed by atoms with E-state index in [1.165, 1.54) is 12.8 Å². The molecule has 0 aliphatic heterocycles. The molecule has 1 aromatic carbocycles. The smallest absolute Gasteiger partial charge is 0.127 e. The molecular formula is C18H27FN2. The Labute approximate surface area is 128 Å². The van der Waals surface area contributed by atoms with Crippen LogP contribution >= 0.6 is 0 Å². The third-order valence-corrected chi connectivity index (χ3v) is 3.73. The molecule has 2 nitrogen and oxygen atoms in total. The van der Waals surface area contributed by atoms with Gasteiger partial charge in [-0.15, -0.1) is 6.58 Å². The van der Waals surface area contributed by atoms with E-state index in [1.54, 1.807) is 6.07 Å². The van der Waals surface area contributed by atoms with Crippen molar-refractivity contribution in [2.75, 3.05) is 6.54 Å². The number of rotatable bonds is 7. The number of nitrogens with zero attached hydrogens (tertiary/aromatic N) is 1. The summed E-state index contributed by atoms with van der Waals surface area (Å²) in [6, 6.07) is 6.06. The molecule has 0 bridgehead atoms. The number of benzene rings is 1. The molecule has 0 radical (unpaired) electrons. The summed E-state index contributed by atoms with van der Waals surface area (Å²) >= 11 is 0. The van der Waals surface area contributed by atoms with Gasteiger partial charge >= 0.3 is 0 Å². The molecule has 1 saturated carbocycles. The monoisotopic (exact) mass is 290 g/mol. The predicted molar refractivity (Wildman–Crippen MR) is 86.6 cm³/mol. The Kier molecular flexibility index (Phi) is 5.17. The minimum atomic E-state index is -0.107. The fourth-order valence-electron chi connectivity index (χ4n) is 2.39. The molecule has 21 heavy (non-hydrogen) atoms. The lowest BCUT2D eigenvalue weighted by molar-refractivity contribution is 0.279. The second-order valence-electron chi connectivity index (χ2n) is 6.98. The summed E-state index contributed by atoms with van der Waals surface area (Å²) in [6.07, 6.45) is 4.35. The van der Waals surface area contributed by atoms with Crippen LogP contribution in [-0.2, 0) is 13.1 Å². The zero-order chi connectivity index (χ0) is 15.5. The maximum atomic E-state index is 14.1. The van der Waals surface area contributed by atoms with Crippen molar-refractivity contribution in [2.45, 2.75) is 58.3 Å². The summed E-state index contributed by atoms with van der Waals surface area (Å²) in [4.78, 5) is 2.31. The zero-order valence-corrected chi connectivity index (χ0v) is 13.5. The van der Waals surface area contributed by atoms with E-state index in [0.29, 0.717) is 12.6 Å². The predicted octanol–water partition coefficient (Wildman–Crippen LogP) is 3.86. The maximum Gasteiger partial charge on any atom is 0.127 e. The summed E-state index contributed by atoms with van der Waals surface area (Å²) < 4.78 is 14.1. The second kappa shape index (κ2) is 6.71. The van der Waals surface area contributed by atoms with Gasteiger partial charge in [-0.2, -0.15) is 0 Å². The molecule has 0 spiro atoms. The van der Waals surface area contributed by atoms with Gasteiger partial charge in [0.2, 0.25) is 0 Å². The first-order chi connectivity index (χ1) is 9.89. The maximum absolute atomic E-state index is 14.1. The van der Waals surface area contributed by atoms with Crippen LogP contribution in [0.15, 0.2) is 30.9 Å². The molecule has 0 heterocycles. The summed E-state index contributed by atoms with van der Waals surface area (Å²) in [7, 11) is 0. The van der Waals surface area contributed by atoms with Crippen LogP contribution in [0.25, 0.3) is 0 Å². The molecule has 0 amide bonds. The van der Waals surface area contributed by atoms with E-state index in [-0.39, 0.29) is 11.4 Å². The first-order valence-corrected chi connectivity index (χ1v) is 7.76. The average molecular weight is 290 g/mol. The molecule has 0 saturated heterocycles. The van der Waals surface area contributed by atoms with Crippen LogP contribution in [0.1, 0.15) is 44.7 Å². The van der Waals surface area contributed by atoms with Gasteiger partial charge in [-0.05, 0) is 45.2 Å². The van der Waals surface area contributed by atoms with E-state index in [9.17, 15) is 4.39 Å². The topological polar surface area (TPSA) is 15.3 Å². The van der Waals surface area contributed by atoms with Crippen LogP contribution in [0.3, 0.4) is 0 Å². The van der Waals surface area contributed by atoms with Gasteiger partial charge in [0.05, 0.1) is 0 Å². The summed E-state index contributed by atoms with van der Waals surface area (Å²) in [5, 5.41) is 3.45. The third-order valence-electron chi connectivity index (χ3n) is 3.73. The molecule has 1 aliphatic carbocycles. The van der Waals surface area contributed by atoms with Crippen molar-refractivity contribution in [3.05, 3.63) is 47.8 Å². The molecular weight excluding hydrogens is 263 g/mol. The summed E-state index contributed by atoms with van der Waals surface area (Å²) in [5.41, 5.74) is 1.99. The first kappa shape index (κ1) is 16.2. The third kappa shape index (κ3) is 5.25. The van der Waals surface area contributed by atoms with Crippen LogP contribution < -0.4 is 5.32 Å². The molecule has 3 heteroatoms. The van der Waals surface area contributed by atoms with E-state index in [0.717, 1.165) is 24.2 Å². The molecule has 1 aromatic rings. The highest BCUT2D eigenvalue weighted by atomic mass is 19.1. The Morgan fingerprint density at radius 2 is 2.10 bits per heavy atom. The van der Waals surface area contributed by atoms with Crippen molar-refractivity contribution in [1.29, 1.82) is 0 Å². The van der Waals surface area contributed by atoms with Crippen LogP contribution in [0, 0.1) is 5.82 Å². The zero-order valence-electron chi connectivity index (χ0n) is 13.5. The highest BCUT2D eigenvalue weighted by Gasteiger charge is 2.28. The van der Waals surface area contributed by atoms with Crippen molar-refractivity contribution in [2.24, 2.45) is 0 Å². The lowest BCUT2D eigenvalue weighted by Gasteiger charge is -2.22. The molecule has 0 atom stereocenters. The second-order valence-corrected chi connectivity index (χ2v) is 6.98.